The van der Waals surface area contributed by atoms with Crippen molar-refractivity contribution >= 4 is 23.5 Å². The highest BCUT2D eigenvalue weighted by Crippen LogP contribution is 2.68. The predicted octanol–water partition coefficient (Wildman–Crippen LogP) is -1.89. The number of aliphatic hydroxyl groups excluding tert-OH is 2. The Balaban J connectivity index is 2.15. The van der Waals surface area contributed by atoms with E-state index in [4.69, 9.17) is 20.9 Å². The summed E-state index contributed by atoms with van der Waals surface area (Å²) < 4.78 is 56.7. The third-order valence-corrected chi connectivity index (χ3v) is 7.53. The Bertz CT molecular complexity index is 1100. The lowest BCUT2D eigenvalue weighted by molar-refractivity contribution is -0.0542. The number of aromatic amines is 1. The summed E-state index contributed by atoms with van der Waals surface area (Å²) in [6, 6.07) is 0.927. The van der Waals surface area contributed by atoms with Crippen LogP contribution in [0.3, 0.4) is 0 Å². The van der Waals surface area contributed by atoms with Crippen molar-refractivity contribution in [3.05, 3.63) is 33.1 Å². The summed E-state index contributed by atoms with van der Waals surface area (Å²) in [7, 11) is -16.5. The Labute approximate surface area is 171 Å². The van der Waals surface area contributed by atoms with Crippen LogP contribution in [-0.2, 0) is 36.1 Å². The molecule has 31 heavy (non-hydrogen) atoms. The normalized spacial score (nSPS) is 27.7. The van der Waals surface area contributed by atoms with Crippen LogP contribution in [0.5, 0.6) is 0 Å². The van der Waals surface area contributed by atoms with E-state index in [1.807, 2.05) is 4.98 Å². The van der Waals surface area contributed by atoms with Gasteiger partial charge in [0.05, 0.1) is 6.61 Å². The van der Waals surface area contributed by atoms with Crippen LogP contribution in [0.4, 0.5) is 0 Å². The third kappa shape index (κ3) is 6.93. The molecule has 1 aliphatic rings. The number of nitrogens with one attached hydrogen (secondary N) is 1. The van der Waals surface area contributed by atoms with Crippen molar-refractivity contribution in [1.29, 1.82) is 0 Å². The number of hydrogen-bond donors (Lipinski definition) is 6. The minimum Gasteiger partial charge on any atom is -0.387 e. The van der Waals surface area contributed by atoms with Gasteiger partial charge >= 0.3 is 29.2 Å². The first-order chi connectivity index (χ1) is 14.2. The van der Waals surface area contributed by atoms with Gasteiger partial charge < -0.3 is 34.2 Å². The van der Waals surface area contributed by atoms with E-state index in [9.17, 15) is 38.4 Å². The number of aliphatic hydroxyl groups is 2. The van der Waals surface area contributed by atoms with Crippen molar-refractivity contribution in [3.8, 4) is 12.5 Å². The van der Waals surface area contributed by atoms with Gasteiger partial charge in [0, 0.05) is 12.3 Å². The lowest BCUT2D eigenvalue weighted by Crippen LogP contribution is -2.37. The molecule has 2 heterocycles. The van der Waals surface area contributed by atoms with Gasteiger partial charge in [0.2, 0.25) is 0 Å². The SMILES string of the molecule is C#COP(=O)(OC[C@H]1O[C@@H](n2ccc(=O)[nH]c2=O)[C@H](O)[C@@H]1O)OP(=O)(O)OP(=O)(O)O. The van der Waals surface area contributed by atoms with Crippen LogP contribution < -0.4 is 11.2 Å². The van der Waals surface area contributed by atoms with Crippen molar-refractivity contribution in [2.75, 3.05) is 6.61 Å². The van der Waals surface area contributed by atoms with Gasteiger partial charge in [0.1, 0.15) is 24.4 Å². The van der Waals surface area contributed by atoms with Gasteiger partial charge in [-0.15, -0.1) is 0 Å². The Morgan fingerprint density at radius 3 is 2.35 bits per heavy atom. The molecule has 174 valence electrons. The monoisotopic (exact) mass is 508 g/mol. The summed E-state index contributed by atoms with van der Waals surface area (Å²) in [5.74, 6) is 0. The highest BCUT2D eigenvalue weighted by atomic mass is 31.3. The van der Waals surface area contributed by atoms with Crippen LogP contribution >= 0.6 is 23.5 Å². The maximum atomic E-state index is 12.3. The fourth-order valence-electron chi connectivity index (χ4n) is 2.30. The molecule has 0 aromatic carbocycles. The zero-order chi connectivity index (χ0) is 23.6. The number of terminal acetylenes is 1. The highest BCUT2D eigenvalue weighted by molar-refractivity contribution is 7.66. The fraction of sp³-hybridized carbons (Fsp3) is 0.455. The molecule has 2 rings (SSSR count). The molecule has 2 unspecified atom stereocenters. The standard InChI is InChI=1S/C11H15N2O15P3/c1-2-24-31(23,28-30(21,22)27-29(18,19)20)25-5-6-8(15)9(16)10(26-6)13-4-3-7(14)12-11(13)17/h1,3-4,6,8-10,15-16H,5H2,(H,21,22)(H,12,14,17)(H2,18,19,20)/t6-,8-,9-,10-,31?/m1/s1. The summed E-state index contributed by atoms with van der Waals surface area (Å²) in [5, 5.41) is 20.1. The fourth-order valence-corrected chi connectivity index (χ4v) is 5.60. The molecule has 0 saturated carbocycles. The van der Waals surface area contributed by atoms with Gasteiger partial charge in [-0.25, -0.2) is 18.5 Å². The Kier molecular flexibility index (Phi) is 7.83. The van der Waals surface area contributed by atoms with Gasteiger partial charge in [0.15, 0.2) is 6.23 Å². The average molecular weight is 508 g/mol. The topological polar surface area (TPSA) is 253 Å². The molecule has 1 saturated heterocycles. The first-order valence-corrected chi connectivity index (χ1v) is 12.2. The summed E-state index contributed by atoms with van der Waals surface area (Å²) in [6.07, 6.45) is 0.399. The van der Waals surface area contributed by atoms with Crippen molar-refractivity contribution in [2.45, 2.75) is 24.5 Å². The van der Waals surface area contributed by atoms with E-state index in [1.165, 1.54) is 6.11 Å². The summed E-state index contributed by atoms with van der Waals surface area (Å²) in [5.41, 5.74) is -1.74. The first-order valence-electron chi connectivity index (χ1n) is 7.69. The number of phosphoric acid groups is 3. The molecule has 20 heteroatoms. The number of H-pyrrole nitrogens is 1. The second-order valence-corrected chi connectivity index (χ2v) is 10.2. The molecular formula is C11H15N2O15P3. The second kappa shape index (κ2) is 9.47. The van der Waals surface area contributed by atoms with Crippen LogP contribution in [0.15, 0.2) is 21.9 Å². The van der Waals surface area contributed by atoms with Gasteiger partial charge in [-0.05, 0) is 0 Å². The van der Waals surface area contributed by atoms with E-state index in [0.29, 0.717) is 0 Å². The maximum Gasteiger partial charge on any atom is 0.547 e. The van der Waals surface area contributed by atoms with Gasteiger partial charge in [-0.3, -0.25) is 18.9 Å². The van der Waals surface area contributed by atoms with E-state index in [-0.39, 0.29) is 0 Å². The molecule has 17 nitrogen and oxygen atoms in total. The molecule has 0 spiro atoms. The van der Waals surface area contributed by atoms with Crippen molar-refractivity contribution in [2.24, 2.45) is 0 Å². The second-order valence-electron chi connectivity index (χ2n) is 5.64. The van der Waals surface area contributed by atoms with E-state index >= 15 is 0 Å². The molecular weight excluding hydrogens is 493 g/mol. The Morgan fingerprint density at radius 1 is 1.16 bits per heavy atom. The van der Waals surface area contributed by atoms with Crippen LogP contribution in [0.1, 0.15) is 6.23 Å². The highest BCUT2D eigenvalue weighted by Gasteiger charge is 2.48. The lowest BCUT2D eigenvalue weighted by atomic mass is 10.1. The van der Waals surface area contributed by atoms with E-state index in [0.717, 1.165) is 16.8 Å². The van der Waals surface area contributed by atoms with Crippen LogP contribution in [-0.4, -0.2) is 59.4 Å². The van der Waals surface area contributed by atoms with Crippen molar-refractivity contribution in [1.82, 2.24) is 9.55 Å². The number of aromatic nitrogens is 2. The summed E-state index contributed by atoms with van der Waals surface area (Å²) >= 11 is 0. The van der Waals surface area contributed by atoms with Crippen molar-refractivity contribution in [3.63, 3.8) is 0 Å². The summed E-state index contributed by atoms with van der Waals surface area (Å²) in [6.45, 7) is -0.998. The largest absolute Gasteiger partial charge is 0.547 e. The number of hydrogen-bond acceptors (Lipinski definition) is 12. The first kappa shape index (κ1) is 25.6. The maximum absolute atomic E-state index is 12.3. The molecule has 0 amide bonds. The van der Waals surface area contributed by atoms with Gasteiger partial charge in [-0.1, -0.05) is 6.42 Å². The number of ether oxygens (including phenoxy) is 1. The van der Waals surface area contributed by atoms with Gasteiger partial charge in [0.25, 0.3) is 5.56 Å². The quantitative estimate of drug-likeness (QED) is 0.158. The van der Waals surface area contributed by atoms with Crippen LogP contribution in [0, 0.1) is 12.5 Å². The zero-order valence-corrected chi connectivity index (χ0v) is 17.5. The van der Waals surface area contributed by atoms with Crippen LogP contribution in [0.2, 0.25) is 0 Å². The Hall–Kier alpha value is -1.63. The van der Waals surface area contributed by atoms with Crippen molar-refractivity contribution < 1.29 is 61.0 Å². The molecule has 0 bridgehead atoms. The smallest absolute Gasteiger partial charge is 0.387 e. The molecule has 0 aliphatic carbocycles. The van der Waals surface area contributed by atoms with E-state index < -0.39 is 65.9 Å². The molecule has 1 fully saturated rings. The summed E-state index contributed by atoms with van der Waals surface area (Å²) in [4.78, 5) is 51.2. The number of rotatable bonds is 9. The minimum atomic E-state index is -5.73. The van der Waals surface area contributed by atoms with E-state index in [1.54, 1.807) is 0 Å². The van der Waals surface area contributed by atoms with Crippen LogP contribution in [0.25, 0.3) is 0 Å². The molecule has 1 aromatic heterocycles. The van der Waals surface area contributed by atoms with Gasteiger partial charge in [-0.2, -0.15) is 8.62 Å². The molecule has 6 atom stereocenters. The average Bonchev–Trinajstić information content (AvgIpc) is 2.86. The minimum absolute atomic E-state index is 0.721. The number of phosphoric ester groups is 1. The van der Waals surface area contributed by atoms with E-state index in [2.05, 4.69) is 17.7 Å². The number of nitrogens with zero attached hydrogens (tertiary/aromatic N) is 1. The third-order valence-electron chi connectivity index (χ3n) is 3.44. The lowest BCUT2D eigenvalue weighted by Gasteiger charge is -2.20. The molecule has 6 N–H and O–H groups in total. The predicted molar refractivity (Wildman–Crippen MR) is 94.8 cm³/mol. The molecule has 0 radical (unpaired) electrons. The zero-order valence-electron chi connectivity index (χ0n) is 14.9. The molecule has 1 aromatic rings. The molecule has 1 aliphatic heterocycles. The Morgan fingerprint density at radius 2 is 1.81 bits per heavy atom.